The van der Waals surface area contributed by atoms with Gasteiger partial charge >= 0.3 is 0 Å². The Kier molecular flexibility index (Phi) is 5.31. The van der Waals surface area contributed by atoms with Gasteiger partial charge in [0, 0.05) is 11.8 Å². The lowest BCUT2D eigenvalue weighted by Gasteiger charge is -2.26. The van der Waals surface area contributed by atoms with Gasteiger partial charge in [-0.1, -0.05) is 111 Å². The molecular weight excluding hydrogens is 384 g/mol. The topological polar surface area (TPSA) is 0 Å². The zero-order valence-corrected chi connectivity index (χ0v) is 19.4. The van der Waals surface area contributed by atoms with Crippen molar-refractivity contribution in [1.82, 2.24) is 0 Å². The molecule has 0 amide bonds. The second kappa shape index (κ2) is 8.28. The second-order valence-corrected chi connectivity index (χ2v) is 9.07. The lowest BCUT2D eigenvalue weighted by Crippen LogP contribution is -2.06. The summed E-state index contributed by atoms with van der Waals surface area (Å²) in [5, 5.41) is 5.57. The van der Waals surface area contributed by atoms with Crippen LogP contribution in [-0.2, 0) is 0 Å². The van der Waals surface area contributed by atoms with Crippen LogP contribution in [-0.4, -0.2) is 0 Å². The van der Waals surface area contributed by atoms with Crippen molar-refractivity contribution in [2.45, 2.75) is 39.5 Å². The van der Waals surface area contributed by atoms with Gasteiger partial charge in [0.1, 0.15) is 0 Å². The Morgan fingerprint density at radius 1 is 0.469 bits per heavy atom. The van der Waals surface area contributed by atoms with Crippen LogP contribution in [0.1, 0.15) is 59.1 Å². The fourth-order valence-corrected chi connectivity index (χ4v) is 5.35. The van der Waals surface area contributed by atoms with E-state index in [0.717, 1.165) is 0 Å². The third kappa shape index (κ3) is 3.31. The van der Waals surface area contributed by atoms with Crippen molar-refractivity contribution in [2.24, 2.45) is 0 Å². The van der Waals surface area contributed by atoms with Crippen molar-refractivity contribution in [1.29, 1.82) is 0 Å². The van der Waals surface area contributed by atoms with Crippen LogP contribution in [0.15, 0.2) is 97.1 Å². The van der Waals surface area contributed by atoms with E-state index < -0.39 is 0 Å². The SMILES string of the molecule is Cc1ccc2c(C(C)c3ccccc3)c3ccccc3c(C(C)c3ccccc3)c2c1C. The van der Waals surface area contributed by atoms with Crippen LogP contribution in [0.3, 0.4) is 0 Å². The molecule has 0 aliphatic heterocycles. The number of hydrogen-bond donors (Lipinski definition) is 0. The molecule has 0 aliphatic rings. The Labute approximate surface area is 191 Å². The van der Waals surface area contributed by atoms with Crippen molar-refractivity contribution >= 4 is 21.5 Å². The van der Waals surface area contributed by atoms with Crippen LogP contribution in [0.4, 0.5) is 0 Å². The van der Waals surface area contributed by atoms with Gasteiger partial charge in [-0.05, 0) is 68.8 Å². The first-order valence-electron chi connectivity index (χ1n) is 11.6. The highest BCUT2D eigenvalue weighted by atomic mass is 14.3. The number of fused-ring (bicyclic) bond motifs is 2. The summed E-state index contributed by atoms with van der Waals surface area (Å²) in [7, 11) is 0. The molecule has 0 saturated carbocycles. The van der Waals surface area contributed by atoms with E-state index in [1.807, 2.05) is 0 Å². The molecule has 0 aromatic heterocycles. The first-order valence-corrected chi connectivity index (χ1v) is 11.6. The minimum atomic E-state index is 0.310. The number of rotatable bonds is 4. The first-order chi connectivity index (χ1) is 15.6. The van der Waals surface area contributed by atoms with Gasteiger partial charge in [-0.2, -0.15) is 0 Å². The summed E-state index contributed by atoms with van der Waals surface area (Å²) in [6, 6.07) is 35.5. The fraction of sp³-hybridized carbons (Fsp3) is 0.188. The Balaban J connectivity index is 1.92. The third-order valence-corrected chi connectivity index (χ3v) is 7.27. The molecule has 32 heavy (non-hydrogen) atoms. The van der Waals surface area contributed by atoms with Gasteiger partial charge in [-0.25, -0.2) is 0 Å². The summed E-state index contributed by atoms with van der Waals surface area (Å²) < 4.78 is 0. The normalized spacial score (nSPS) is 13.4. The van der Waals surface area contributed by atoms with Gasteiger partial charge in [0.05, 0.1) is 0 Å². The van der Waals surface area contributed by atoms with Gasteiger partial charge < -0.3 is 0 Å². The van der Waals surface area contributed by atoms with Crippen molar-refractivity contribution in [2.75, 3.05) is 0 Å². The van der Waals surface area contributed by atoms with E-state index in [1.54, 1.807) is 0 Å². The Hall–Kier alpha value is -3.38. The summed E-state index contributed by atoms with van der Waals surface area (Å²) in [6.07, 6.45) is 0. The molecule has 0 radical (unpaired) electrons. The van der Waals surface area contributed by atoms with Crippen LogP contribution in [0.2, 0.25) is 0 Å². The predicted molar refractivity (Wildman–Crippen MR) is 139 cm³/mol. The van der Waals surface area contributed by atoms with Crippen molar-refractivity contribution in [3.05, 3.63) is 130 Å². The molecule has 5 aromatic rings. The zero-order valence-electron chi connectivity index (χ0n) is 19.4. The van der Waals surface area contributed by atoms with E-state index in [4.69, 9.17) is 0 Å². The average molecular weight is 415 g/mol. The predicted octanol–water partition coefficient (Wildman–Crippen LogP) is 8.91. The molecule has 5 rings (SSSR count). The quantitative estimate of drug-likeness (QED) is 0.257. The summed E-state index contributed by atoms with van der Waals surface area (Å²) >= 11 is 0. The Morgan fingerprint density at radius 2 is 0.938 bits per heavy atom. The molecule has 0 aliphatic carbocycles. The largest absolute Gasteiger partial charge is 0.0622 e. The van der Waals surface area contributed by atoms with Crippen LogP contribution >= 0.6 is 0 Å². The molecule has 2 unspecified atom stereocenters. The molecule has 0 N–H and O–H groups in total. The van der Waals surface area contributed by atoms with Crippen LogP contribution < -0.4 is 0 Å². The van der Waals surface area contributed by atoms with Crippen molar-refractivity contribution < 1.29 is 0 Å². The zero-order chi connectivity index (χ0) is 22.2. The van der Waals surface area contributed by atoms with Crippen LogP contribution in [0, 0.1) is 13.8 Å². The van der Waals surface area contributed by atoms with Gasteiger partial charge in [-0.15, -0.1) is 0 Å². The smallest absolute Gasteiger partial charge is 0.00734 e. The molecule has 0 spiro atoms. The number of aryl methyl sites for hydroxylation is 2. The molecular formula is C32H30. The molecule has 2 atom stereocenters. The molecule has 0 bridgehead atoms. The highest BCUT2D eigenvalue weighted by molar-refractivity contribution is 6.08. The molecule has 0 fully saturated rings. The van der Waals surface area contributed by atoms with E-state index in [0.29, 0.717) is 11.8 Å². The molecule has 5 aromatic carbocycles. The van der Waals surface area contributed by atoms with E-state index in [1.165, 1.54) is 54.9 Å². The third-order valence-electron chi connectivity index (χ3n) is 7.27. The summed E-state index contributed by atoms with van der Waals surface area (Å²) in [6.45, 7) is 9.25. The van der Waals surface area contributed by atoms with Crippen LogP contribution in [0.25, 0.3) is 21.5 Å². The van der Waals surface area contributed by atoms with E-state index in [9.17, 15) is 0 Å². The van der Waals surface area contributed by atoms with E-state index in [2.05, 4.69) is 125 Å². The summed E-state index contributed by atoms with van der Waals surface area (Å²) in [5.74, 6) is 0.622. The van der Waals surface area contributed by atoms with Gasteiger partial charge in [0.15, 0.2) is 0 Å². The van der Waals surface area contributed by atoms with Crippen molar-refractivity contribution in [3.8, 4) is 0 Å². The Bertz CT molecular complexity index is 1390. The van der Waals surface area contributed by atoms with E-state index in [-0.39, 0.29) is 0 Å². The van der Waals surface area contributed by atoms with Crippen molar-refractivity contribution in [3.63, 3.8) is 0 Å². The van der Waals surface area contributed by atoms with Gasteiger partial charge in [0.2, 0.25) is 0 Å². The molecule has 0 heteroatoms. The number of benzene rings is 5. The standard InChI is InChI=1S/C32H30/c1-21-19-20-29-30(23(3)25-13-7-5-8-14-25)27-17-11-12-18-28(27)32(31(29)22(21)2)24(4)26-15-9-6-10-16-26/h5-20,23-24H,1-4H3. The fourth-order valence-electron chi connectivity index (χ4n) is 5.35. The summed E-state index contributed by atoms with van der Waals surface area (Å²) in [5.41, 5.74) is 8.37. The maximum atomic E-state index is 2.36. The lowest BCUT2D eigenvalue weighted by molar-refractivity contribution is 0.928. The average Bonchev–Trinajstić information content (AvgIpc) is 2.85. The molecule has 158 valence electrons. The minimum Gasteiger partial charge on any atom is -0.0622 e. The minimum absolute atomic E-state index is 0.310. The Morgan fingerprint density at radius 3 is 1.50 bits per heavy atom. The van der Waals surface area contributed by atoms with Gasteiger partial charge in [0.25, 0.3) is 0 Å². The van der Waals surface area contributed by atoms with Gasteiger partial charge in [-0.3, -0.25) is 0 Å². The summed E-state index contributed by atoms with van der Waals surface area (Å²) in [4.78, 5) is 0. The maximum absolute atomic E-state index is 2.36. The maximum Gasteiger partial charge on any atom is 0.00734 e. The molecule has 0 heterocycles. The highest BCUT2D eigenvalue weighted by Gasteiger charge is 2.23. The first kappa shape index (κ1) is 20.5. The monoisotopic (exact) mass is 414 g/mol. The second-order valence-electron chi connectivity index (χ2n) is 9.07. The molecule has 0 nitrogen and oxygen atoms in total. The highest BCUT2D eigenvalue weighted by Crippen LogP contribution is 2.44. The lowest BCUT2D eigenvalue weighted by atomic mass is 9.78. The van der Waals surface area contributed by atoms with Crippen LogP contribution in [0.5, 0.6) is 0 Å². The number of hydrogen-bond acceptors (Lipinski definition) is 0. The van der Waals surface area contributed by atoms with E-state index >= 15 is 0 Å². The molecule has 0 saturated heterocycles.